The largest absolute Gasteiger partial charge is 0.497 e. The van der Waals surface area contributed by atoms with Crippen molar-refractivity contribution in [1.29, 1.82) is 0 Å². The molecule has 5 heteroatoms. The number of aryl methyl sites for hydroxylation is 1. The van der Waals surface area contributed by atoms with Crippen LogP contribution in [0.4, 0.5) is 0 Å². The maximum Gasteiger partial charge on any atom is 0.303 e. The first-order valence-corrected chi connectivity index (χ1v) is 9.93. The maximum atomic E-state index is 13.0. The second-order valence-electron chi connectivity index (χ2n) is 8.35. The Labute approximate surface area is 170 Å². The van der Waals surface area contributed by atoms with Gasteiger partial charge in [-0.15, -0.1) is 0 Å². The Balaban J connectivity index is 1.79. The molecule has 2 aromatic carbocycles. The number of esters is 1. The SMILES string of the molecule is COc1ccc2c3c(ccc2c1)C1=C[C@H](C)[C@](O)(C(=O)COC(C)=O)[C@@]1(C)CC3. The molecule has 152 valence electrons. The molecule has 0 amide bonds. The van der Waals surface area contributed by atoms with E-state index in [2.05, 4.69) is 18.2 Å². The van der Waals surface area contributed by atoms with Crippen molar-refractivity contribution in [3.05, 3.63) is 47.5 Å². The van der Waals surface area contributed by atoms with Crippen LogP contribution < -0.4 is 4.74 Å². The zero-order valence-corrected chi connectivity index (χ0v) is 17.2. The minimum atomic E-state index is -1.59. The highest BCUT2D eigenvalue weighted by atomic mass is 16.5. The van der Waals surface area contributed by atoms with Crippen LogP contribution in [0.2, 0.25) is 0 Å². The summed E-state index contributed by atoms with van der Waals surface area (Å²) in [5, 5.41) is 13.9. The van der Waals surface area contributed by atoms with Crippen LogP contribution in [-0.2, 0) is 20.7 Å². The molecule has 0 aromatic heterocycles. The first-order chi connectivity index (χ1) is 13.7. The molecule has 0 saturated carbocycles. The summed E-state index contributed by atoms with van der Waals surface area (Å²) in [4.78, 5) is 24.1. The number of ether oxygens (including phenoxy) is 2. The fourth-order valence-electron chi connectivity index (χ4n) is 5.21. The molecule has 2 aromatic rings. The van der Waals surface area contributed by atoms with E-state index in [9.17, 15) is 14.7 Å². The molecule has 0 fully saturated rings. The monoisotopic (exact) mass is 394 g/mol. The van der Waals surface area contributed by atoms with E-state index in [0.717, 1.165) is 28.7 Å². The normalized spacial score (nSPS) is 27.8. The molecule has 29 heavy (non-hydrogen) atoms. The first-order valence-electron chi connectivity index (χ1n) is 9.93. The lowest BCUT2D eigenvalue weighted by molar-refractivity contribution is -0.162. The Hall–Kier alpha value is -2.66. The standard InChI is InChI=1S/C24H26O5/c1-14-11-21-20-7-5-16-12-17(28-4)6-8-18(16)19(20)9-10-23(21,3)24(14,27)22(26)13-29-15(2)25/h5-8,11-12,14,27H,9-10,13H2,1-4H3/t14-,23-,24-/m0/s1. The van der Waals surface area contributed by atoms with Crippen LogP contribution in [0.5, 0.6) is 5.75 Å². The molecule has 5 nitrogen and oxygen atoms in total. The smallest absolute Gasteiger partial charge is 0.303 e. The van der Waals surface area contributed by atoms with E-state index < -0.39 is 29.4 Å². The summed E-state index contributed by atoms with van der Waals surface area (Å²) in [6.45, 7) is 4.66. The molecule has 0 unspecified atom stereocenters. The number of ketones is 1. The number of methoxy groups -OCH3 is 1. The van der Waals surface area contributed by atoms with E-state index in [1.807, 2.05) is 32.1 Å². The Morgan fingerprint density at radius 2 is 2.00 bits per heavy atom. The maximum absolute atomic E-state index is 13.0. The van der Waals surface area contributed by atoms with E-state index in [1.165, 1.54) is 17.9 Å². The van der Waals surface area contributed by atoms with Gasteiger partial charge in [0.05, 0.1) is 7.11 Å². The number of carbonyl (C=O) groups excluding carboxylic acids is 2. The highest BCUT2D eigenvalue weighted by molar-refractivity contribution is 5.99. The molecule has 0 saturated heterocycles. The predicted octanol–water partition coefficient (Wildman–Crippen LogP) is 3.70. The Bertz CT molecular complexity index is 1050. The van der Waals surface area contributed by atoms with E-state index in [4.69, 9.17) is 9.47 Å². The summed E-state index contributed by atoms with van der Waals surface area (Å²) >= 11 is 0. The highest BCUT2D eigenvalue weighted by Crippen LogP contribution is 2.59. The average molecular weight is 394 g/mol. The summed E-state index contributed by atoms with van der Waals surface area (Å²) in [6, 6.07) is 10.2. The molecule has 4 rings (SSSR count). The average Bonchev–Trinajstić information content (AvgIpc) is 2.92. The Morgan fingerprint density at radius 1 is 1.24 bits per heavy atom. The van der Waals surface area contributed by atoms with Gasteiger partial charge in [0.15, 0.2) is 6.61 Å². The summed E-state index contributed by atoms with van der Waals surface area (Å²) < 4.78 is 10.3. The number of hydrogen-bond acceptors (Lipinski definition) is 5. The molecule has 0 spiro atoms. The summed E-state index contributed by atoms with van der Waals surface area (Å²) in [5.41, 5.74) is 1.00. The topological polar surface area (TPSA) is 72.8 Å². The lowest BCUT2D eigenvalue weighted by Crippen LogP contribution is -2.56. The van der Waals surface area contributed by atoms with E-state index in [1.54, 1.807) is 7.11 Å². The molecular weight excluding hydrogens is 368 g/mol. The lowest BCUT2D eigenvalue weighted by Gasteiger charge is -2.45. The minimum Gasteiger partial charge on any atom is -0.497 e. The van der Waals surface area contributed by atoms with Crippen molar-refractivity contribution < 1.29 is 24.2 Å². The fourth-order valence-corrected chi connectivity index (χ4v) is 5.21. The van der Waals surface area contributed by atoms with E-state index >= 15 is 0 Å². The molecule has 3 atom stereocenters. The zero-order chi connectivity index (χ0) is 21.0. The summed E-state index contributed by atoms with van der Waals surface area (Å²) in [6.07, 6.45) is 3.41. The number of hydrogen-bond donors (Lipinski definition) is 1. The first kappa shape index (κ1) is 19.6. The van der Waals surface area contributed by atoms with Crippen LogP contribution in [0.1, 0.15) is 38.3 Å². The van der Waals surface area contributed by atoms with Gasteiger partial charge in [-0.1, -0.05) is 38.1 Å². The van der Waals surface area contributed by atoms with Crippen LogP contribution in [0, 0.1) is 11.3 Å². The van der Waals surface area contributed by atoms with Crippen molar-refractivity contribution in [2.45, 2.75) is 39.2 Å². The van der Waals surface area contributed by atoms with Crippen molar-refractivity contribution in [1.82, 2.24) is 0 Å². The van der Waals surface area contributed by atoms with Crippen molar-refractivity contribution in [3.8, 4) is 5.75 Å². The van der Waals surface area contributed by atoms with Crippen LogP contribution in [-0.4, -0.2) is 36.2 Å². The van der Waals surface area contributed by atoms with E-state index in [0.29, 0.717) is 6.42 Å². The van der Waals surface area contributed by atoms with Crippen LogP contribution in [0.15, 0.2) is 36.4 Å². The predicted molar refractivity (Wildman–Crippen MR) is 111 cm³/mol. The number of carbonyl (C=O) groups is 2. The summed E-state index contributed by atoms with van der Waals surface area (Å²) in [5.74, 6) is -0.523. The van der Waals surface area contributed by atoms with Crippen molar-refractivity contribution in [2.75, 3.05) is 13.7 Å². The number of benzene rings is 2. The molecule has 2 aliphatic carbocycles. The number of fused-ring (bicyclic) bond motifs is 5. The second-order valence-corrected chi connectivity index (χ2v) is 8.35. The van der Waals surface area contributed by atoms with Gasteiger partial charge in [0.2, 0.25) is 5.78 Å². The van der Waals surface area contributed by atoms with Crippen LogP contribution in [0.25, 0.3) is 16.3 Å². The van der Waals surface area contributed by atoms with E-state index in [-0.39, 0.29) is 5.92 Å². The zero-order valence-electron chi connectivity index (χ0n) is 17.2. The van der Waals surface area contributed by atoms with Gasteiger partial charge in [0, 0.05) is 18.3 Å². The van der Waals surface area contributed by atoms with Crippen molar-refractivity contribution in [3.63, 3.8) is 0 Å². The third-order valence-electron chi connectivity index (χ3n) is 6.85. The molecular formula is C24H26O5. The third kappa shape index (κ3) is 2.71. The molecule has 0 radical (unpaired) electrons. The molecule has 0 aliphatic heterocycles. The molecule has 0 bridgehead atoms. The molecule has 1 N–H and O–H groups in total. The summed E-state index contributed by atoms with van der Waals surface area (Å²) in [7, 11) is 1.66. The molecule has 0 heterocycles. The fraction of sp³-hybridized carbons (Fsp3) is 0.417. The van der Waals surface area contributed by atoms with Crippen molar-refractivity contribution >= 4 is 28.1 Å². The second kappa shape index (κ2) is 6.70. The third-order valence-corrected chi connectivity index (χ3v) is 6.85. The molecule has 2 aliphatic rings. The van der Waals surface area contributed by atoms with Gasteiger partial charge in [0.1, 0.15) is 11.4 Å². The minimum absolute atomic E-state index is 0.372. The quantitative estimate of drug-likeness (QED) is 0.801. The van der Waals surface area contributed by atoms with Crippen molar-refractivity contribution in [2.24, 2.45) is 11.3 Å². The van der Waals surface area contributed by atoms with Gasteiger partial charge < -0.3 is 14.6 Å². The van der Waals surface area contributed by atoms with Gasteiger partial charge >= 0.3 is 5.97 Å². The van der Waals surface area contributed by atoms with Crippen LogP contribution >= 0.6 is 0 Å². The van der Waals surface area contributed by atoms with Gasteiger partial charge in [-0.25, -0.2) is 0 Å². The van der Waals surface area contributed by atoms with Crippen LogP contribution in [0.3, 0.4) is 0 Å². The number of Topliss-reactive ketones (excluding diaryl/α,β-unsaturated/α-hetero) is 1. The number of aliphatic hydroxyl groups is 1. The van der Waals surface area contributed by atoms with Gasteiger partial charge in [-0.05, 0) is 52.4 Å². The Morgan fingerprint density at radius 3 is 2.69 bits per heavy atom. The highest BCUT2D eigenvalue weighted by Gasteiger charge is 2.61. The van der Waals surface area contributed by atoms with Gasteiger partial charge in [-0.3, -0.25) is 9.59 Å². The lowest BCUT2D eigenvalue weighted by atomic mass is 9.60. The van der Waals surface area contributed by atoms with Gasteiger partial charge in [0.25, 0.3) is 0 Å². The number of rotatable bonds is 4. The van der Waals surface area contributed by atoms with Gasteiger partial charge in [-0.2, -0.15) is 0 Å². The Kier molecular flexibility index (Phi) is 4.54.